The molecule has 23 heavy (non-hydrogen) atoms. The Morgan fingerprint density at radius 1 is 1.17 bits per heavy atom. The topological polar surface area (TPSA) is 39.9 Å². The molecule has 0 fully saturated rings. The first-order valence-electron chi connectivity index (χ1n) is 7.93. The monoisotopic (exact) mass is 333 g/mol. The molecule has 0 radical (unpaired) electrons. The number of ether oxygens (including phenoxy) is 1. The van der Waals surface area contributed by atoms with Crippen LogP contribution >= 0.6 is 11.8 Å². The van der Waals surface area contributed by atoms with Crippen molar-refractivity contribution in [1.29, 1.82) is 0 Å². The summed E-state index contributed by atoms with van der Waals surface area (Å²) in [5.41, 5.74) is 5.67. The van der Waals surface area contributed by atoms with E-state index in [-0.39, 0.29) is 5.41 Å². The molecular formula is C18H27N3OS. The van der Waals surface area contributed by atoms with Crippen LogP contribution in [0, 0.1) is 13.8 Å². The number of hydrogen-bond donors (Lipinski definition) is 0. The van der Waals surface area contributed by atoms with Crippen LogP contribution in [-0.2, 0) is 22.4 Å². The van der Waals surface area contributed by atoms with E-state index in [1.165, 1.54) is 22.3 Å². The standard InChI is InChI=1S/C18H27N3OS/c1-13-9-15(18(3,4)5)10-14(2)16(13)11-23-17-20-19-12-21(17)7-8-22-6/h9-10,12H,7-8,11H2,1-6H3. The van der Waals surface area contributed by atoms with Crippen LogP contribution in [0.3, 0.4) is 0 Å². The lowest BCUT2D eigenvalue weighted by Crippen LogP contribution is -2.12. The predicted molar refractivity (Wildman–Crippen MR) is 96.1 cm³/mol. The zero-order valence-electron chi connectivity index (χ0n) is 15.0. The second kappa shape index (κ2) is 7.49. The fourth-order valence-corrected chi connectivity index (χ4v) is 3.63. The molecular weight excluding hydrogens is 306 g/mol. The number of benzene rings is 1. The quantitative estimate of drug-likeness (QED) is 0.745. The highest BCUT2D eigenvalue weighted by Crippen LogP contribution is 2.30. The Hall–Kier alpha value is -1.33. The minimum absolute atomic E-state index is 0.182. The molecule has 0 unspecified atom stereocenters. The molecule has 0 N–H and O–H groups in total. The Labute approximate surface area is 143 Å². The summed E-state index contributed by atoms with van der Waals surface area (Å²) in [6.45, 7) is 12.6. The minimum Gasteiger partial charge on any atom is -0.383 e. The average Bonchev–Trinajstić information content (AvgIpc) is 2.90. The van der Waals surface area contributed by atoms with Gasteiger partial charge in [0, 0.05) is 19.4 Å². The van der Waals surface area contributed by atoms with Gasteiger partial charge in [0.25, 0.3) is 0 Å². The van der Waals surface area contributed by atoms with Gasteiger partial charge < -0.3 is 9.30 Å². The first kappa shape index (κ1) is 18.0. The lowest BCUT2D eigenvalue weighted by atomic mass is 9.84. The predicted octanol–water partition coefficient (Wildman–Crippen LogP) is 4.13. The van der Waals surface area contributed by atoms with E-state index < -0.39 is 0 Å². The maximum absolute atomic E-state index is 5.13. The lowest BCUT2D eigenvalue weighted by Gasteiger charge is -2.22. The van der Waals surface area contributed by atoms with Crippen LogP contribution in [-0.4, -0.2) is 28.5 Å². The molecule has 0 aliphatic rings. The van der Waals surface area contributed by atoms with Crippen LogP contribution in [0.2, 0.25) is 0 Å². The van der Waals surface area contributed by atoms with Gasteiger partial charge >= 0.3 is 0 Å². The van der Waals surface area contributed by atoms with E-state index >= 15 is 0 Å². The highest BCUT2D eigenvalue weighted by molar-refractivity contribution is 7.98. The van der Waals surface area contributed by atoms with Crippen LogP contribution < -0.4 is 0 Å². The van der Waals surface area contributed by atoms with Gasteiger partial charge in [0.05, 0.1) is 6.61 Å². The van der Waals surface area contributed by atoms with Crippen LogP contribution in [0.25, 0.3) is 0 Å². The van der Waals surface area contributed by atoms with Gasteiger partial charge in [-0.15, -0.1) is 10.2 Å². The van der Waals surface area contributed by atoms with E-state index in [9.17, 15) is 0 Å². The lowest BCUT2D eigenvalue weighted by molar-refractivity contribution is 0.184. The number of hydrogen-bond acceptors (Lipinski definition) is 4. The molecule has 0 saturated carbocycles. The molecule has 0 bridgehead atoms. The number of aryl methyl sites for hydroxylation is 2. The summed E-state index contributed by atoms with van der Waals surface area (Å²) in [5.74, 6) is 0.910. The van der Waals surface area contributed by atoms with Gasteiger partial charge in [-0.2, -0.15) is 0 Å². The van der Waals surface area contributed by atoms with Gasteiger partial charge in [0.2, 0.25) is 0 Å². The van der Waals surface area contributed by atoms with Crippen molar-refractivity contribution in [2.24, 2.45) is 0 Å². The number of thioether (sulfide) groups is 1. The highest BCUT2D eigenvalue weighted by Gasteiger charge is 2.16. The number of rotatable bonds is 6. The van der Waals surface area contributed by atoms with E-state index in [4.69, 9.17) is 4.74 Å². The molecule has 1 aromatic heterocycles. The van der Waals surface area contributed by atoms with Crippen molar-refractivity contribution in [3.63, 3.8) is 0 Å². The molecule has 1 aromatic carbocycles. The van der Waals surface area contributed by atoms with Crippen LogP contribution in [0.4, 0.5) is 0 Å². The molecule has 0 saturated heterocycles. The number of nitrogens with zero attached hydrogens (tertiary/aromatic N) is 3. The summed E-state index contributed by atoms with van der Waals surface area (Å²) in [6.07, 6.45) is 1.77. The molecule has 0 aliphatic carbocycles. The smallest absolute Gasteiger partial charge is 0.191 e. The normalized spacial score (nSPS) is 11.9. The summed E-state index contributed by atoms with van der Waals surface area (Å²) in [5, 5.41) is 9.18. The molecule has 2 aromatic rings. The molecule has 0 spiro atoms. The van der Waals surface area contributed by atoms with Gasteiger partial charge in [0.1, 0.15) is 6.33 Å². The van der Waals surface area contributed by atoms with E-state index in [0.29, 0.717) is 6.61 Å². The Morgan fingerprint density at radius 2 is 1.83 bits per heavy atom. The Balaban J connectivity index is 2.14. The average molecular weight is 334 g/mol. The second-order valence-electron chi connectivity index (χ2n) is 6.93. The van der Waals surface area contributed by atoms with Gasteiger partial charge in [-0.05, 0) is 41.5 Å². The van der Waals surface area contributed by atoms with Crippen molar-refractivity contribution < 1.29 is 4.74 Å². The highest BCUT2D eigenvalue weighted by atomic mass is 32.2. The van der Waals surface area contributed by atoms with Crippen LogP contribution in [0.15, 0.2) is 23.6 Å². The minimum atomic E-state index is 0.182. The SMILES string of the molecule is COCCn1cnnc1SCc1c(C)cc(C(C)(C)C)cc1C. The maximum atomic E-state index is 5.13. The summed E-state index contributed by atoms with van der Waals surface area (Å²) in [6, 6.07) is 4.64. The molecule has 0 atom stereocenters. The molecule has 2 rings (SSSR count). The number of methoxy groups -OCH3 is 1. The largest absolute Gasteiger partial charge is 0.383 e. The zero-order chi connectivity index (χ0) is 17.0. The van der Waals surface area contributed by atoms with Gasteiger partial charge in [-0.25, -0.2) is 0 Å². The summed E-state index contributed by atoms with van der Waals surface area (Å²) in [7, 11) is 1.71. The van der Waals surface area contributed by atoms with Crippen molar-refractivity contribution in [2.75, 3.05) is 13.7 Å². The van der Waals surface area contributed by atoms with Crippen LogP contribution in [0.5, 0.6) is 0 Å². The number of aromatic nitrogens is 3. The van der Waals surface area contributed by atoms with Crippen molar-refractivity contribution in [2.45, 2.75) is 57.5 Å². The van der Waals surface area contributed by atoms with Crippen molar-refractivity contribution in [3.05, 3.63) is 40.7 Å². The molecule has 0 amide bonds. The zero-order valence-corrected chi connectivity index (χ0v) is 15.8. The van der Waals surface area contributed by atoms with Gasteiger partial charge in [-0.1, -0.05) is 44.7 Å². The summed E-state index contributed by atoms with van der Waals surface area (Å²) in [4.78, 5) is 0. The molecule has 4 nitrogen and oxygen atoms in total. The van der Waals surface area contributed by atoms with E-state index in [1.54, 1.807) is 25.2 Å². The third kappa shape index (κ3) is 4.58. The molecule has 1 heterocycles. The molecule has 126 valence electrons. The molecule has 0 aliphatic heterocycles. The summed E-state index contributed by atoms with van der Waals surface area (Å²) >= 11 is 1.73. The van der Waals surface area contributed by atoms with Crippen LogP contribution in [0.1, 0.15) is 43.0 Å². The Bertz CT molecular complexity index is 636. The fraction of sp³-hybridized carbons (Fsp3) is 0.556. The summed E-state index contributed by atoms with van der Waals surface area (Å²) < 4.78 is 7.17. The first-order chi connectivity index (χ1) is 10.8. The van der Waals surface area contributed by atoms with Gasteiger partial charge in [-0.3, -0.25) is 0 Å². The Kier molecular flexibility index (Phi) is 5.87. The third-order valence-corrected chi connectivity index (χ3v) is 5.03. The van der Waals surface area contributed by atoms with Crippen molar-refractivity contribution in [3.8, 4) is 0 Å². The van der Waals surface area contributed by atoms with Crippen molar-refractivity contribution >= 4 is 11.8 Å². The van der Waals surface area contributed by atoms with E-state index in [0.717, 1.165) is 17.5 Å². The first-order valence-corrected chi connectivity index (χ1v) is 8.91. The fourth-order valence-electron chi connectivity index (χ4n) is 2.49. The van der Waals surface area contributed by atoms with Gasteiger partial charge in [0.15, 0.2) is 5.16 Å². The second-order valence-corrected chi connectivity index (χ2v) is 7.87. The molecule has 5 heteroatoms. The third-order valence-electron chi connectivity index (χ3n) is 4.02. The van der Waals surface area contributed by atoms with E-state index in [2.05, 4.69) is 56.9 Å². The van der Waals surface area contributed by atoms with Crippen molar-refractivity contribution in [1.82, 2.24) is 14.8 Å². The maximum Gasteiger partial charge on any atom is 0.191 e. The Morgan fingerprint density at radius 3 is 2.39 bits per heavy atom. The van der Waals surface area contributed by atoms with E-state index in [1.807, 2.05) is 4.57 Å².